The molecule has 7 heteroatoms. The number of benzene rings is 2. The highest BCUT2D eigenvalue weighted by Gasteiger charge is 2.38. The lowest BCUT2D eigenvalue weighted by atomic mass is 9.84. The number of methoxy groups -OCH3 is 3. The molecule has 2 aromatic rings. The molecular formula is C21H22O7. The van der Waals surface area contributed by atoms with Gasteiger partial charge in [-0.25, -0.2) is 0 Å². The molecule has 0 aliphatic carbocycles. The molecule has 4 rings (SSSR count). The van der Waals surface area contributed by atoms with Crippen molar-refractivity contribution in [2.45, 2.75) is 12.3 Å². The SMILES string of the molecule is COc1cc(C[C@H]2C(=O)OC[C@H]2c2ccc3c(c2)OCO3)cc(OC)c1OC. The van der Waals surface area contributed by atoms with Gasteiger partial charge in [0.05, 0.1) is 33.9 Å². The van der Waals surface area contributed by atoms with Crippen molar-refractivity contribution in [2.24, 2.45) is 5.92 Å². The smallest absolute Gasteiger partial charge is 0.310 e. The average Bonchev–Trinajstić information content (AvgIpc) is 3.33. The molecule has 0 amide bonds. The molecule has 1 fully saturated rings. The van der Waals surface area contributed by atoms with Crippen LogP contribution in [0.25, 0.3) is 0 Å². The summed E-state index contributed by atoms with van der Waals surface area (Å²) in [5, 5.41) is 0. The minimum Gasteiger partial charge on any atom is -0.493 e. The monoisotopic (exact) mass is 386 g/mol. The van der Waals surface area contributed by atoms with E-state index >= 15 is 0 Å². The van der Waals surface area contributed by atoms with Crippen molar-refractivity contribution in [1.29, 1.82) is 0 Å². The van der Waals surface area contributed by atoms with Gasteiger partial charge in [0.15, 0.2) is 23.0 Å². The van der Waals surface area contributed by atoms with Gasteiger partial charge >= 0.3 is 5.97 Å². The topological polar surface area (TPSA) is 72.5 Å². The fraction of sp³-hybridized carbons (Fsp3) is 0.381. The van der Waals surface area contributed by atoms with E-state index in [-0.39, 0.29) is 24.6 Å². The van der Waals surface area contributed by atoms with E-state index in [1.54, 1.807) is 21.3 Å². The first-order valence-electron chi connectivity index (χ1n) is 8.99. The quantitative estimate of drug-likeness (QED) is 0.707. The number of hydrogen-bond donors (Lipinski definition) is 0. The van der Waals surface area contributed by atoms with Crippen molar-refractivity contribution in [3.05, 3.63) is 41.5 Å². The van der Waals surface area contributed by atoms with Gasteiger partial charge in [0.1, 0.15) is 0 Å². The minimum atomic E-state index is -0.317. The van der Waals surface area contributed by atoms with E-state index in [1.165, 1.54) is 0 Å². The Morgan fingerprint density at radius 1 is 0.929 bits per heavy atom. The molecule has 2 aromatic carbocycles. The van der Waals surface area contributed by atoms with Crippen LogP contribution in [0, 0.1) is 5.92 Å². The number of rotatable bonds is 6. The van der Waals surface area contributed by atoms with E-state index in [2.05, 4.69) is 0 Å². The number of cyclic esters (lactones) is 1. The standard InChI is InChI=1S/C21H22O7/c1-23-18-7-12(8-19(24-2)20(18)25-3)6-14-15(10-26-21(14)22)13-4-5-16-17(9-13)28-11-27-16/h4-5,7-9,14-15H,6,10-11H2,1-3H3/t14-,15+/m1/s1. The summed E-state index contributed by atoms with van der Waals surface area (Å²) in [5.41, 5.74) is 1.90. The van der Waals surface area contributed by atoms with Crippen molar-refractivity contribution in [2.75, 3.05) is 34.7 Å². The highest BCUT2D eigenvalue weighted by atomic mass is 16.7. The summed E-state index contributed by atoms with van der Waals surface area (Å²) in [7, 11) is 4.70. The molecule has 0 bridgehead atoms. The van der Waals surface area contributed by atoms with Crippen LogP contribution in [-0.2, 0) is 16.0 Å². The largest absolute Gasteiger partial charge is 0.493 e. The molecule has 0 unspecified atom stereocenters. The maximum atomic E-state index is 12.5. The van der Waals surface area contributed by atoms with Crippen LogP contribution in [0.4, 0.5) is 0 Å². The van der Waals surface area contributed by atoms with Crippen LogP contribution in [0.3, 0.4) is 0 Å². The lowest BCUT2D eigenvalue weighted by Crippen LogP contribution is -2.17. The molecule has 2 heterocycles. The minimum absolute atomic E-state index is 0.0684. The van der Waals surface area contributed by atoms with Crippen LogP contribution in [0.2, 0.25) is 0 Å². The van der Waals surface area contributed by atoms with E-state index in [0.29, 0.717) is 36.0 Å². The van der Waals surface area contributed by atoms with E-state index in [1.807, 2.05) is 30.3 Å². The molecule has 0 aromatic heterocycles. The Bertz CT molecular complexity index is 867. The van der Waals surface area contributed by atoms with Gasteiger partial charge in [0.2, 0.25) is 12.5 Å². The van der Waals surface area contributed by atoms with E-state index in [9.17, 15) is 4.79 Å². The third-order valence-corrected chi connectivity index (χ3v) is 5.20. The molecular weight excluding hydrogens is 364 g/mol. The number of carbonyl (C=O) groups is 1. The predicted molar refractivity (Wildman–Crippen MR) is 99.6 cm³/mol. The summed E-state index contributed by atoms with van der Waals surface area (Å²) in [4.78, 5) is 12.5. The van der Waals surface area contributed by atoms with Gasteiger partial charge in [-0.1, -0.05) is 6.07 Å². The van der Waals surface area contributed by atoms with Gasteiger partial charge in [-0.05, 0) is 41.8 Å². The second kappa shape index (κ2) is 7.50. The Hall–Kier alpha value is -3.09. The third-order valence-electron chi connectivity index (χ3n) is 5.20. The molecule has 0 radical (unpaired) electrons. The van der Waals surface area contributed by atoms with Crippen LogP contribution in [-0.4, -0.2) is 40.7 Å². The van der Waals surface area contributed by atoms with E-state index < -0.39 is 0 Å². The Balaban J connectivity index is 1.63. The molecule has 28 heavy (non-hydrogen) atoms. The summed E-state index contributed by atoms with van der Waals surface area (Å²) in [6.07, 6.45) is 0.495. The number of hydrogen-bond acceptors (Lipinski definition) is 7. The number of esters is 1. The van der Waals surface area contributed by atoms with E-state index in [0.717, 1.165) is 16.9 Å². The molecule has 2 atom stereocenters. The Morgan fingerprint density at radius 3 is 2.32 bits per heavy atom. The zero-order valence-electron chi connectivity index (χ0n) is 16.0. The zero-order valence-corrected chi connectivity index (χ0v) is 16.0. The lowest BCUT2D eigenvalue weighted by molar-refractivity contribution is -0.141. The fourth-order valence-corrected chi connectivity index (χ4v) is 3.76. The number of carbonyl (C=O) groups excluding carboxylic acids is 1. The van der Waals surface area contributed by atoms with Gasteiger partial charge in [-0.15, -0.1) is 0 Å². The van der Waals surface area contributed by atoms with Gasteiger partial charge in [-0.3, -0.25) is 4.79 Å². The molecule has 148 valence electrons. The lowest BCUT2D eigenvalue weighted by Gasteiger charge is -2.18. The van der Waals surface area contributed by atoms with Crippen molar-refractivity contribution < 1.29 is 33.2 Å². The highest BCUT2D eigenvalue weighted by Crippen LogP contribution is 2.42. The van der Waals surface area contributed by atoms with Crippen molar-refractivity contribution in [1.82, 2.24) is 0 Å². The summed E-state index contributed by atoms with van der Waals surface area (Å²) in [6, 6.07) is 9.49. The van der Waals surface area contributed by atoms with Gasteiger partial charge < -0.3 is 28.4 Å². The Kier molecular flexibility index (Phi) is 4.90. The first kappa shape index (κ1) is 18.3. The third kappa shape index (κ3) is 3.17. The van der Waals surface area contributed by atoms with E-state index in [4.69, 9.17) is 28.4 Å². The average molecular weight is 386 g/mol. The second-order valence-corrected chi connectivity index (χ2v) is 6.69. The van der Waals surface area contributed by atoms with Gasteiger partial charge in [-0.2, -0.15) is 0 Å². The molecule has 0 saturated carbocycles. The molecule has 0 spiro atoms. The summed E-state index contributed by atoms with van der Waals surface area (Å²) in [6.45, 7) is 0.557. The number of ether oxygens (including phenoxy) is 6. The maximum Gasteiger partial charge on any atom is 0.310 e. The molecule has 2 aliphatic heterocycles. The number of fused-ring (bicyclic) bond motifs is 1. The van der Waals surface area contributed by atoms with Crippen molar-refractivity contribution in [3.8, 4) is 28.7 Å². The highest BCUT2D eigenvalue weighted by molar-refractivity contribution is 5.76. The zero-order chi connectivity index (χ0) is 19.7. The molecule has 7 nitrogen and oxygen atoms in total. The Morgan fingerprint density at radius 2 is 1.64 bits per heavy atom. The fourth-order valence-electron chi connectivity index (χ4n) is 3.76. The second-order valence-electron chi connectivity index (χ2n) is 6.69. The molecule has 1 saturated heterocycles. The first-order chi connectivity index (χ1) is 13.6. The molecule has 2 aliphatic rings. The van der Waals surface area contributed by atoms with Crippen LogP contribution < -0.4 is 23.7 Å². The maximum absolute atomic E-state index is 12.5. The summed E-state index contributed by atoms with van der Waals surface area (Å²) >= 11 is 0. The van der Waals surface area contributed by atoms with Crippen LogP contribution in [0.1, 0.15) is 17.0 Å². The van der Waals surface area contributed by atoms with Crippen molar-refractivity contribution in [3.63, 3.8) is 0 Å². The van der Waals surface area contributed by atoms with Gasteiger partial charge in [0.25, 0.3) is 0 Å². The summed E-state index contributed by atoms with van der Waals surface area (Å²) in [5.74, 6) is 2.46. The summed E-state index contributed by atoms with van der Waals surface area (Å²) < 4.78 is 32.4. The van der Waals surface area contributed by atoms with Gasteiger partial charge in [0, 0.05) is 5.92 Å². The van der Waals surface area contributed by atoms with Crippen molar-refractivity contribution >= 4 is 5.97 Å². The predicted octanol–water partition coefficient (Wildman–Crippen LogP) is 2.94. The van der Waals surface area contributed by atoms with Crippen LogP contribution >= 0.6 is 0 Å². The first-order valence-corrected chi connectivity index (χ1v) is 8.99. The van der Waals surface area contributed by atoms with Crippen LogP contribution in [0.5, 0.6) is 28.7 Å². The Labute approximate surface area is 163 Å². The normalized spacial score (nSPS) is 20.0. The molecule has 0 N–H and O–H groups in total. The van der Waals surface area contributed by atoms with Crippen LogP contribution in [0.15, 0.2) is 30.3 Å².